The van der Waals surface area contributed by atoms with Gasteiger partial charge in [0.05, 0.1) is 34.8 Å². The standard InChI is InChI=1S/C20H13N5O4S/c1-10-7-14(29-11-3-2-5-21-8-11)23-9-13(10)25-12-4-6-22-18-15(12)16(24-20(25)28)17(30-18)19(26)27/h2-9H,1H3,(H,24,28)(H,26,27). The molecule has 0 unspecified atom stereocenters. The molecule has 30 heavy (non-hydrogen) atoms. The first-order valence-electron chi connectivity index (χ1n) is 8.83. The van der Waals surface area contributed by atoms with E-state index in [1.54, 1.807) is 49.1 Å². The molecule has 2 amide bonds. The third kappa shape index (κ3) is 2.81. The van der Waals surface area contributed by atoms with Crippen molar-refractivity contribution in [3.05, 3.63) is 59.5 Å². The number of carbonyl (C=O) groups excluding carboxylic acids is 1. The van der Waals surface area contributed by atoms with Crippen LogP contribution in [0.5, 0.6) is 11.6 Å². The summed E-state index contributed by atoms with van der Waals surface area (Å²) in [5.74, 6) is -0.193. The number of carbonyl (C=O) groups is 2. The Morgan fingerprint density at radius 2 is 2.07 bits per heavy atom. The molecule has 4 aromatic rings. The van der Waals surface area contributed by atoms with E-state index in [0.717, 1.165) is 16.9 Å². The van der Waals surface area contributed by atoms with Crippen molar-refractivity contribution < 1.29 is 19.4 Å². The summed E-state index contributed by atoms with van der Waals surface area (Å²) in [6.07, 6.45) is 6.32. The number of aryl methyl sites for hydroxylation is 1. The van der Waals surface area contributed by atoms with Crippen molar-refractivity contribution in [3.8, 4) is 11.6 Å². The van der Waals surface area contributed by atoms with Gasteiger partial charge in [-0.25, -0.2) is 19.6 Å². The Bertz CT molecular complexity index is 1320. The largest absolute Gasteiger partial charge is 0.477 e. The van der Waals surface area contributed by atoms with E-state index in [2.05, 4.69) is 20.3 Å². The molecule has 1 aliphatic rings. The topological polar surface area (TPSA) is 118 Å². The van der Waals surface area contributed by atoms with Crippen LogP contribution in [0.15, 0.2) is 49.1 Å². The first kappa shape index (κ1) is 18.0. The second-order valence-corrected chi connectivity index (χ2v) is 7.49. The van der Waals surface area contributed by atoms with E-state index in [1.807, 2.05) is 6.92 Å². The number of aromatic nitrogens is 3. The van der Waals surface area contributed by atoms with Crippen LogP contribution in [-0.4, -0.2) is 32.1 Å². The van der Waals surface area contributed by atoms with Crippen molar-refractivity contribution in [2.45, 2.75) is 6.92 Å². The number of nitrogens with zero attached hydrogens (tertiary/aromatic N) is 4. The molecule has 0 fully saturated rings. The van der Waals surface area contributed by atoms with Crippen LogP contribution < -0.4 is 15.0 Å². The molecule has 4 aromatic heterocycles. The van der Waals surface area contributed by atoms with Crippen LogP contribution in [0.1, 0.15) is 15.2 Å². The number of nitrogens with one attached hydrogen (secondary N) is 1. The van der Waals surface area contributed by atoms with Crippen molar-refractivity contribution in [1.82, 2.24) is 15.0 Å². The number of carboxylic acid groups (broad SMARTS) is 1. The fourth-order valence-corrected chi connectivity index (χ4v) is 4.27. The summed E-state index contributed by atoms with van der Waals surface area (Å²) < 4.78 is 5.71. The van der Waals surface area contributed by atoms with E-state index >= 15 is 0 Å². The van der Waals surface area contributed by atoms with Gasteiger partial charge in [0.1, 0.15) is 15.5 Å². The lowest BCUT2D eigenvalue weighted by Crippen LogP contribution is -2.34. The van der Waals surface area contributed by atoms with Crippen LogP contribution in [0.3, 0.4) is 0 Å². The Kier molecular flexibility index (Phi) is 4.07. The molecule has 0 atom stereocenters. The summed E-state index contributed by atoms with van der Waals surface area (Å²) in [5.41, 5.74) is 2.12. The van der Waals surface area contributed by atoms with Gasteiger partial charge >= 0.3 is 12.0 Å². The molecule has 0 aromatic carbocycles. The van der Waals surface area contributed by atoms with Crippen molar-refractivity contribution in [2.24, 2.45) is 0 Å². The maximum Gasteiger partial charge on any atom is 0.348 e. The monoisotopic (exact) mass is 419 g/mol. The molecule has 0 saturated heterocycles. The van der Waals surface area contributed by atoms with Crippen molar-refractivity contribution >= 4 is 50.6 Å². The number of pyridine rings is 3. The second-order valence-electron chi connectivity index (χ2n) is 6.49. The van der Waals surface area contributed by atoms with Gasteiger partial charge in [0.2, 0.25) is 5.88 Å². The van der Waals surface area contributed by atoms with E-state index in [9.17, 15) is 14.7 Å². The summed E-state index contributed by atoms with van der Waals surface area (Å²) >= 11 is 1.02. The zero-order valence-corrected chi connectivity index (χ0v) is 16.3. The molecule has 1 aliphatic heterocycles. The lowest BCUT2D eigenvalue weighted by atomic mass is 10.1. The minimum Gasteiger partial charge on any atom is -0.477 e. The average molecular weight is 419 g/mol. The van der Waals surface area contributed by atoms with E-state index in [0.29, 0.717) is 33.2 Å². The van der Waals surface area contributed by atoms with E-state index < -0.39 is 12.0 Å². The summed E-state index contributed by atoms with van der Waals surface area (Å²) in [7, 11) is 0. The number of hydrogen-bond acceptors (Lipinski definition) is 7. The predicted octanol–water partition coefficient (Wildman–Crippen LogP) is 4.57. The van der Waals surface area contributed by atoms with Crippen LogP contribution in [0.25, 0.3) is 10.2 Å². The van der Waals surface area contributed by atoms with Gasteiger partial charge < -0.3 is 15.2 Å². The summed E-state index contributed by atoms with van der Waals surface area (Å²) in [6.45, 7) is 1.84. The quantitative estimate of drug-likeness (QED) is 0.497. The molecule has 0 bridgehead atoms. The van der Waals surface area contributed by atoms with Gasteiger partial charge in [-0.2, -0.15) is 0 Å². The fraction of sp³-hybridized carbons (Fsp3) is 0.0500. The highest BCUT2D eigenvalue weighted by Crippen LogP contribution is 2.46. The molecule has 0 spiro atoms. The SMILES string of the molecule is Cc1cc(Oc2cccnc2)ncc1N1C(=O)Nc2c(C(=O)O)sc3nccc1c23. The van der Waals surface area contributed by atoms with Crippen LogP contribution in [-0.2, 0) is 0 Å². The molecule has 2 N–H and O–H groups in total. The normalized spacial score (nSPS) is 12.7. The first-order valence-corrected chi connectivity index (χ1v) is 9.65. The highest BCUT2D eigenvalue weighted by Gasteiger charge is 2.33. The fourth-order valence-electron chi connectivity index (χ4n) is 3.32. The number of urea groups is 1. The molecule has 10 heteroatoms. The average Bonchev–Trinajstić information content (AvgIpc) is 3.10. The molecule has 0 saturated carbocycles. The second kappa shape index (κ2) is 6.78. The number of carboxylic acids is 1. The molecular weight excluding hydrogens is 406 g/mol. The van der Waals surface area contributed by atoms with Crippen molar-refractivity contribution in [2.75, 3.05) is 10.2 Å². The Morgan fingerprint density at radius 1 is 1.20 bits per heavy atom. The zero-order valence-electron chi connectivity index (χ0n) is 15.5. The minimum atomic E-state index is -1.11. The number of rotatable bonds is 4. The van der Waals surface area contributed by atoms with Crippen LogP contribution >= 0.6 is 11.3 Å². The molecular formula is C20H13N5O4S. The van der Waals surface area contributed by atoms with Gasteiger partial charge in [0.25, 0.3) is 0 Å². The summed E-state index contributed by atoms with van der Waals surface area (Å²) in [6, 6.07) is 6.46. The number of thiophene rings is 1. The third-order valence-electron chi connectivity index (χ3n) is 4.60. The van der Waals surface area contributed by atoms with Crippen molar-refractivity contribution in [3.63, 3.8) is 0 Å². The van der Waals surface area contributed by atoms with Crippen LogP contribution in [0.2, 0.25) is 0 Å². The van der Waals surface area contributed by atoms with Gasteiger partial charge in [0.15, 0.2) is 0 Å². The minimum absolute atomic E-state index is 0.0491. The molecule has 148 valence electrons. The molecule has 5 rings (SSSR count). The highest BCUT2D eigenvalue weighted by molar-refractivity contribution is 7.21. The predicted molar refractivity (Wildman–Crippen MR) is 111 cm³/mol. The molecule has 0 radical (unpaired) electrons. The van der Waals surface area contributed by atoms with Crippen LogP contribution in [0.4, 0.5) is 21.9 Å². The number of aromatic carboxylic acids is 1. The smallest absolute Gasteiger partial charge is 0.348 e. The lowest BCUT2D eigenvalue weighted by Gasteiger charge is -2.29. The zero-order chi connectivity index (χ0) is 20.8. The number of ether oxygens (including phenoxy) is 1. The maximum atomic E-state index is 12.9. The number of anilines is 3. The Balaban J connectivity index is 1.59. The number of amides is 2. The van der Waals surface area contributed by atoms with Gasteiger partial charge in [-0.1, -0.05) is 0 Å². The summed E-state index contributed by atoms with van der Waals surface area (Å²) in [4.78, 5) is 39.1. The Morgan fingerprint density at radius 3 is 2.80 bits per heavy atom. The van der Waals surface area contributed by atoms with E-state index in [-0.39, 0.29) is 10.6 Å². The van der Waals surface area contributed by atoms with E-state index in [4.69, 9.17) is 4.74 Å². The van der Waals surface area contributed by atoms with Crippen LogP contribution in [0, 0.1) is 6.92 Å². The highest BCUT2D eigenvalue weighted by atomic mass is 32.1. The Hall–Kier alpha value is -4.05. The van der Waals surface area contributed by atoms with Gasteiger partial charge in [0, 0.05) is 18.5 Å². The van der Waals surface area contributed by atoms with Gasteiger partial charge in [-0.3, -0.25) is 9.88 Å². The Labute approximate surface area is 173 Å². The maximum absolute atomic E-state index is 12.9. The summed E-state index contributed by atoms with van der Waals surface area (Å²) in [5, 5.41) is 12.8. The third-order valence-corrected chi connectivity index (χ3v) is 5.68. The molecule has 0 aliphatic carbocycles. The van der Waals surface area contributed by atoms with Crippen molar-refractivity contribution in [1.29, 1.82) is 0 Å². The van der Waals surface area contributed by atoms with Gasteiger partial charge in [-0.15, -0.1) is 11.3 Å². The molecule has 9 nitrogen and oxygen atoms in total. The first-order chi connectivity index (χ1) is 14.5. The molecule has 5 heterocycles. The number of hydrogen-bond donors (Lipinski definition) is 2. The van der Waals surface area contributed by atoms with Gasteiger partial charge in [-0.05, 0) is 30.7 Å². The lowest BCUT2D eigenvalue weighted by molar-refractivity contribution is 0.0703. The van der Waals surface area contributed by atoms with E-state index in [1.165, 1.54) is 4.90 Å².